The fourth-order valence-corrected chi connectivity index (χ4v) is 3.07. The van der Waals surface area contributed by atoms with Crippen molar-refractivity contribution in [3.63, 3.8) is 0 Å². The molecule has 0 saturated carbocycles. The van der Waals surface area contributed by atoms with Gasteiger partial charge in [0.2, 0.25) is 5.91 Å². The molecule has 1 heterocycles. The number of halogens is 1. The normalized spacial score (nSPS) is 24.1. The summed E-state index contributed by atoms with van der Waals surface area (Å²) in [5, 5.41) is 0. The molecule has 1 aliphatic heterocycles. The Bertz CT molecular complexity index is 454. The first kappa shape index (κ1) is 13.4. The first-order chi connectivity index (χ1) is 8.47. The fourth-order valence-electron chi connectivity index (χ4n) is 2.51. The van der Waals surface area contributed by atoms with Gasteiger partial charge in [0.1, 0.15) is 0 Å². The Hall–Kier alpha value is -1.07. The van der Waals surface area contributed by atoms with E-state index >= 15 is 0 Å². The Morgan fingerprint density at radius 2 is 2.17 bits per heavy atom. The lowest BCUT2D eigenvalue weighted by atomic mass is 9.96. The fraction of sp³-hybridized carbons (Fsp3) is 0.462. The zero-order chi connectivity index (χ0) is 13.3. The number of nitrogens with zero attached hydrogens (tertiary/aromatic N) is 1. The SMILES string of the molecule is CC1CC(N)CN(c2ccc(C(N)=O)c(Br)c2)C1. The molecular formula is C13H18BrN3O. The van der Waals surface area contributed by atoms with Gasteiger partial charge in [0.05, 0.1) is 5.56 Å². The number of primary amides is 1. The van der Waals surface area contributed by atoms with Crippen LogP contribution >= 0.6 is 15.9 Å². The van der Waals surface area contributed by atoms with Crippen LogP contribution < -0.4 is 16.4 Å². The number of piperidine rings is 1. The van der Waals surface area contributed by atoms with Crippen LogP contribution in [-0.2, 0) is 0 Å². The van der Waals surface area contributed by atoms with Crippen molar-refractivity contribution in [2.75, 3.05) is 18.0 Å². The van der Waals surface area contributed by atoms with Gasteiger partial charge in [-0.05, 0) is 46.5 Å². The molecule has 1 aliphatic rings. The van der Waals surface area contributed by atoms with E-state index in [1.54, 1.807) is 6.07 Å². The van der Waals surface area contributed by atoms with Crippen LogP contribution in [0.2, 0.25) is 0 Å². The third-order valence-corrected chi connectivity index (χ3v) is 3.93. The highest BCUT2D eigenvalue weighted by atomic mass is 79.9. The number of amides is 1. The molecular weight excluding hydrogens is 294 g/mol. The standard InChI is InChI=1S/C13H18BrN3O/c1-8-4-9(15)7-17(6-8)10-2-3-11(13(16)18)12(14)5-10/h2-3,5,8-9H,4,6-7,15H2,1H3,(H2,16,18). The predicted molar refractivity (Wildman–Crippen MR) is 76.6 cm³/mol. The van der Waals surface area contributed by atoms with E-state index in [0.717, 1.165) is 29.7 Å². The molecule has 1 aromatic rings. The molecule has 0 radical (unpaired) electrons. The number of carbonyl (C=O) groups is 1. The minimum absolute atomic E-state index is 0.211. The summed E-state index contributed by atoms with van der Waals surface area (Å²) in [6, 6.07) is 5.83. The summed E-state index contributed by atoms with van der Waals surface area (Å²) in [4.78, 5) is 13.4. The topological polar surface area (TPSA) is 72.3 Å². The van der Waals surface area contributed by atoms with Crippen molar-refractivity contribution in [3.05, 3.63) is 28.2 Å². The van der Waals surface area contributed by atoms with Gasteiger partial charge in [-0.3, -0.25) is 4.79 Å². The molecule has 4 nitrogen and oxygen atoms in total. The van der Waals surface area contributed by atoms with Gasteiger partial charge in [-0.15, -0.1) is 0 Å². The molecule has 2 rings (SSSR count). The van der Waals surface area contributed by atoms with Crippen LogP contribution in [0.5, 0.6) is 0 Å². The molecule has 1 amide bonds. The largest absolute Gasteiger partial charge is 0.370 e. The second kappa shape index (κ2) is 5.28. The van der Waals surface area contributed by atoms with Crippen LogP contribution in [-0.4, -0.2) is 25.0 Å². The van der Waals surface area contributed by atoms with Gasteiger partial charge in [-0.25, -0.2) is 0 Å². The van der Waals surface area contributed by atoms with Crippen molar-refractivity contribution < 1.29 is 4.79 Å². The Balaban J connectivity index is 2.23. The molecule has 0 spiro atoms. The number of anilines is 1. The summed E-state index contributed by atoms with van der Waals surface area (Å²) in [7, 11) is 0. The number of carbonyl (C=O) groups excluding carboxylic acids is 1. The van der Waals surface area contributed by atoms with Crippen LogP contribution in [0.25, 0.3) is 0 Å². The van der Waals surface area contributed by atoms with Gasteiger partial charge in [0, 0.05) is 29.3 Å². The van der Waals surface area contributed by atoms with Gasteiger partial charge in [-0.2, -0.15) is 0 Å². The summed E-state index contributed by atoms with van der Waals surface area (Å²) >= 11 is 3.39. The summed E-state index contributed by atoms with van der Waals surface area (Å²) in [5.74, 6) is 0.167. The van der Waals surface area contributed by atoms with Gasteiger partial charge in [0.25, 0.3) is 0 Å². The Labute approximate surface area is 115 Å². The molecule has 5 heteroatoms. The number of nitrogens with two attached hydrogens (primary N) is 2. The van der Waals surface area contributed by atoms with Crippen molar-refractivity contribution in [2.24, 2.45) is 17.4 Å². The average molecular weight is 312 g/mol. The molecule has 0 aromatic heterocycles. The second-order valence-electron chi connectivity index (χ2n) is 5.03. The van der Waals surface area contributed by atoms with E-state index in [2.05, 4.69) is 27.8 Å². The molecule has 1 fully saturated rings. The van der Waals surface area contributed by atoms with E-state index in [0.29, 0.717) is 11.5 Å². The average Bonchev–Trinajstić information content (AvgIpc) is 2.26. The molecule has 98 valence electrons. The van der Waals surface area contributed by atoms with E-state index in [9.17, 15) is 4.79 Å². The third kappa shape index (κ3) is 2.84. The van der Waals surface area contributed by atoms with Crippen LogP contribution in [0.4, 0.5) is 5.69 Å². The highest BCUT2D eigenvalue weighted by Crippen LogP contribution is 2.27. The molecule has 2 atom stereocenters. The summed E-state index contributed by atoms with van der Waals surface area (Å²) in [6.07, 6.45) is 1.07. The predicted octanol–water partition coefficient (Wildman–Crippen LogP) is 1.72. The first-order valence-corrected chi connectivity index (χ1v) is 6.86. The minimum Gasteiger partial charge on any atom is -0.370 e. The van der Waals surface area contributed by atoms with E-state index in [4.69, 9.17) is 11.5 Å². The first-order valence-electron chi connectivity index (χ1n) is 6.07. The quantitative estimate of drug-likeness (QED) is 0.873. The van der Waals surface area contributed by atoms with Crippen LogP contribution in [0.15, 0.2) is 22.7 Å². The monoisotopic (exact) mass is 311 g/mol. The molecule has 4 N–H and O–H groups in total. The zero-order valence-electron chi connectivity index (χ0n) is 10.4. The van der Waals surface area contributed by atoms with Gasteiger partial charge in [0.15, 0.2) is 0 Å². The molecule has 1 aromatic carbocycles. The molecule has 0 bridgehead atoms. The van der Waals surface area contributed by atoms with Crippen molar-refractivity contribution in [1.82, 2.24) is 0 Å². The van der Waals surface area contributed by atoms with E-state index < -0.39 is 5.91 Å². The number of hydrogen-bond donors (Lipinski definition) is 2. The Morgan fingerprint density at radius 3 is 2.72 bits per heavy atom. The number of hydrogen-bond acceptors (Lipinski definition) is 3. The van der Waals surface area contributed by atoms with Crippen molar-refractivity contribution >= 4 is 27.5 Å². The van der Waals surface area contributed by atoms with Crippen molar-refractivity contribution in [2.45, 2.75) is 19.4 Å². The summed E-state index contributed by atoms with van der Waals surface area (Å²) < 4.78 is 0.735. The Morgan fingerprint density at radius 1 is 1.44 bits per heavy atom. The molecule has 2 unspecified atom stereocenters. The van der Waals surface area contributed by atoms with E-state index in [1.165, 1.54) is 0 Å². The number of rotatable bonds is 2. The smallest absolute Gasteiger partial charge is 0.249 e. The lowest BCUT2D eigenvalue weighted by Crippen LogP contribution is -2.46. The Kier molecular flexibility index (Phi) is 3.92. The lowest BCUT2D eigenvalue weighted by molar-refractivity contribution is 0.0999. The zero-order valence-corrected chi connectivity index (χ0v) is 12.0. The molecule has 1 saturated heterocycles. The van der Waals surface area contributed by atoms with Crippen LogP contribution in [0, 0.1) is 5.92 Å². The van der Waals surface area contributed by atoms with E-state index in [1.807, 2.05) is 12.1 Å². The van der Waals surface area contributed by atoms with Crippen LogP contribution in [0.3, 0.4) is 0 Å². The number of benzene rings is 1. The maximum Gasteiger partial charge on any atom is 0.249 e. The molecule has 0 aliphatic carbocycles. The highest BCUT2D eigenvalue weighted by molar-refractivity contribution is 9.10. The van der Waals surface area contributed by atoms with E-state index in [-0.39, 0.29) is 6.04 Å². The van der Waals surface area contributed by atoms with Gasteiger partial charge < -0.3 is 16.4 Å². The highest BCUT2D eigenvalue weighted by Gasteiger charge is 2.22. The minimum atomic E-state index is -0.419. The maximum atomic E-state index is 11.2. The maximum absolute atomic E-state index is 11.2. The lowest BCUT2D eigenvalue weighted by Gasteiger charge is -2.36. The molecule has 18 heavy (non-hydrogen) atoms. The van der Waals surface area contributed by atoms with Crippen molar-refractivity contribution in [3.8, 4) is 0 Å². The summed E-state index contributed by atoms with van der Waals surface area (Å²) in [6.45, 7) is 4.06. The van der Waals surface area contributed by atoms with Crippen LogP contribution in [0.1, 0.15) is 23.7 Å². The second-order valence-corrected chi connectivity index (χ2v) is 5.89. The van der Waals surface area contributed by atoms with Crippen molar-refractivity contribution in [1.29, 1.82) is 0 Å². The summed E-state index contributed by atoms with van der Waals surface area (Å²) in [5.41, 5.74) is 12.9. The van der Waals surface area contributed by atoms with Gasteiger partial charge >= 0.3 is 0 Å². The van der Waals surface area contributed by atoms with Gasteiger partial charge in [-0.1, -0.05) is 6.92 Å². The third-order valence-electron chi connectivity index (χ3n) is 3.28.